The topological polar surface area (TPSA) is 57.6 Å². The van der Waals surface area contributed by atoms with E-state index >= 15 is 0 Å². The lowest BCUT2D eigenvalue weighted by Crippen LogP contribution is -2.44. The number of carbonyl (C=O) groups excluding carboxylic acids is 1. The zero-order valence-electron chi connectivity index (χ0n) is 11.6. The van der Waals surface area contributed by atoms with Gasteiger partial charge in [0.2, 0.25) is 0 Å². The minimum absolute atomic E-state index is 0.164. The molecule has 1 aliphatic heterocycles. The fourth-order valence-electron chi connectivity index (χ4n) is 2.01. The minimum Gasteiger partial charge on any atom is -0.480 e. The van der Waals surface area contributed by atoms with Crippen LogP contribution in [0, 0.1) is 5.92 Å². The first-order chi connectivity index (χ1) is 9.90. The van der Waals surface area contributed by atoms with Gasteiger partial charge in [0.05, 0.1) is 4.91 Å². The van der Waals surface area contributed by atoms with Gasteiger partial charge in [0.15, 0.2) is 0 Å². The Labute approximate surface area is 136 Å². The van der Waals surface area contributed by atoms with Crippen molar-refractivity contribution in [3.8, 4) is 0 Å². The molecule has 2 heterocycles. The van der Waals surface area contributed by atoms with Crippen molar-refractivity contribution in [2.24, 2.45) is 5.92 Å². The Morgan fingerprint density at radius 3 is 2.76 bits per heavy atom. The SMILES string of the molecule is CC(C)C[C@@H](C(=O)O)N1C(=O)/C(=C/c2cccs2)SC1=S. The highest BCUT2D eigenvalue weighted by Gasteiger charge is 2.40. The first kappa shape index (κ1) is 16.2. The molecule has 2 rings (SSSR count). The van der Waals surface area contributed by atoms with Crippen LogP contribution in [0.15, 0.2) is 22.4 Å². The second-order valence-electron chi connectivity index (χ2n) is 5.05. The van der Waals surface area contributed by atoms with Crippen molar-refractivity contribution in [1.82, 2.24) is 4.90 Å². The number of nitrogens with zero attached hydrogens (tertiary/aromatic N) is 1. The van der Waals surface area contributed by atoms with Crippen LogP contribution in [0.3, 0.4) is 0 Å². The predicted molar refractivity (Wildman–Crippen MR) is 90.2 cm³/mol. The number of carbonyl (C=O) groups is 2. The number of carboxylic acid groups (broad SMARTS) is 1. The van der Waals surface area contributed by atoms with Crippen LogP contribution in [0.1, 0.15) is 25.1 Å². The number of carboxylic acids is 1. The lowest BCUT2D eigenvalue weighted by atomic mass is 10.0. The molecule has 1 aliphatic rings. The summed E-state index contributed by atoms with van der Waals surface area (Å²) in [5, 5.41) is 11.3. The molecule has 1 aromatic heterocycles. The van der Waals surface area contributed by atoms with Gasteiger partial charge in [-0.3, -0.25) is 9.69 Å². The molecular weight excluding hydrogens is 326 g/mol. The molecule has 0 aliphatic carbocycles. The summed E-state index contributed by atoms with van der Waals surface area (Å²) >= 11 is 7.89. The number of rotatable bonds is 5. The number of hydrogen-bond donors (Lipinski definition) is 1. The molecule has 0 spiro atoms. The summed E-state index contributed by atoms with van der Waals surface area (Å²) in [6.07, 6.45) is 2.15. The van der Waals surface area contributed by atoms with Gasteiger partial charge < -0.3 is 5.11 Å². The van der Waals surface area contributed by atoms with Gasteiger partial charge in [-0.1, -0.05) is 43.9 Å². The van der Waals surface area contributed by atoms with E-state index in [2.05, 4.69) is 0 Å². The third-order valence-electron chi connectivity index (χ3n) is 2.93. The number of aliphatic carboxylic acids is 1. The van der Waals surface area contributed by atoms with Gasteiger partial charge in [0.1, 0.15) is 10.4 Å². The number of thiophene rings is 1. The molecular formula is C14H15NO3S3. The summed E-state index contributed by atoms with van der Waals surface area (Å²) in [5.41, 5.74) is 0. The van der Waals surface area contributed by atoms with E-state index in [0.29, 0.717) is 15.6 Å². The van der Waals surface area contributed by atoms with Gasteiger partial charge in [-0.05, 0) is 29.9 Å². The van der Waals surface area contributed by atoms with Gasteiger partial charge in [-0.2, -0.15) is 0 Å². The summed E-state index contributed by atoms with van der Waals surface area (Å²) in [7, 11) is 0. The molecule has 0 unspecified atom stereocenters. The van der Waals surface area contributed by atoms with Crippen LogP contribution < -0.4 is 0 Å². The first-order valence-corrected chi connectivity index (χ1v) is 8.54. The molecule has 1 aromatic rings. The average Bonchev–Trinajstić information content (AvgIpc) is 2.97. The molecule has 1 amide bonds. The van der Waals surface area contributed by atoms with Crippen molar-refractivity contribution in [2.45, 2.75) is 26.3 Å². The Morgan fingerprint density at radius 1 is 1.52 bits per heavy atom. The van der Waals surface area contributed by atoms with E-state index in [-0.39, 0.29) is 11.8 Å². The molecule has 21 heavy (non-hydrogen) atoms. The minimum atomic E-state index is -1.02. The predicted octanol–water partition coefficient (Wildman–Crippen LogP) is 3.45. The summed E-state index contributed by atoms with van der Waals surface area (Å²) < 4.78 is 0.316. The van der Waals surface area contributed by atoms with Gasteiger partial charge in [-0.25, -0.2) is 4.79 Å². The lowest BCUT2D eigenvalue weighted by Gasteiger charge is -2.24. The van der Waals surface area contributed by atoms with Crippen molar-refractivity contribution in [2.75, 3.05) is 0 Å². The third-order valence-corrected chi connectivity index (χ3v) is 5.08. The molecule has 0 bridgehead atoms. The van der Waals surface area contributed by atoms with Gasteiger partial charge in [0, 0.05) is 4.88 Å². The van der Waals surface area contributed by atoms with Crippen molar-refractivity contribution >= 4 is 57.6 Å². The second kappa shape index (κ2) is 6.72. The van der Waals surface area contributed by atoms with Crippen LogP contribution >= 0.6 is 35.3 Å². The summed E-state index contributed by atoms with van der Waals surface area (Å²) in [6.45, 7) is 3.85. The zero-order chi connectivity index (χ0) is 15.6. The zero-order valence-corrected chi connectivity index (χ0v) is 14.1. The monoisotopic (exact) mass is 341 g/mol. The maximum Gasteiger partial charge on any atom is 0.326 e. The molecule has 112 valence electrons. The molecule has 0 saturated carbocycles. The van der Waals surface area contributed by atoms with Gasteiger partial charge in [-0.15, -0.1) is 11.3 Å². The molecule has 7 heteroatoms. The smallest absolute Gasteiger partial charge is 0.326 e. The Kier molecular flexibility index (Phi) is 5.18. The van der Waals surface area contributed by atoms with E-state index in [4.69, 9.17) is 12.2 Å². The van der Waals surface area contributed by atoms with E-state index in [1.165, 1.54) is 28.0 Å². The van der Waals surface area contributed by atoms with Crippen LogP contribution in [0.2, 0.25) is 0 Å². The summed E-state index contributed by atoms with van der Waals surface area (Å²) in [6, 6.07) is 2.91. The molecule has 1 saturated heterocycles. The molecule has 1 N–H and O–H groups in total. The maximum atomic E-state index is 12.5. The number of hydrogen-bond acceptors (Lipinski definition) is 5. The number of thiocarbonyl (C=S) groups is 1. The van der Waals surface area contributed by atoms with E-state index in [9.17, 15) is 14.7 Å². The van der Waals surface area contributed by atoms with Crippen LogP contribution in [0.25, 0.3) is 6.08 Å². The van der Waals surface area contributed by atoms with Crippen molar-refractivity contribution < 1.29 is 14.7 Å². The Morgan fingerprint density at radius 2 is 2.24 bits per heavy atom. The van der Waals surface area contributed by atoms with Crippen molar-refractivity contribution in [3.05, 3.63) is 27.3 Å². The highest BCUT2D eigenvalue weighted by Crippen LogP contribution is 2.35. The third kappa shape index (κ3) is 3.72. The largest absolute Gasteiger partial charge is 0.480 e. The lowest BCUT2D eigenvalue weighted by molar-refractivity contribution is -0.145. The fraction of sp³-hybridized carbons (Fsp3) is 0.357. The number of amides is 1. The highest BCUT2D eigenvalue weighted by atomic mass is 32.2. The highest BCUT2D eigenvalue weighted by molar-refractivity contribution is 8.26. The van der Waals surface area contributed by atoms with Crippen LogP contribution in [0.4, 0.5) is 0 Å². The Bertz CT molecular complexity index is 593. The maximum absolute atomic E-state index is 12.5. The Hall–Kier alpha value is -1.18. The standard InChI is InChI=1S/C14H15NO3S3/c1-8(2)6-10(13(17)18)15-12(16)11(21-14(15)19)7-9-4-3-5-20-9/h3-5,7-8,10H,6H2,1-2H3,(H,17,18)/b11-7-/t10-/m0/s1. The van der Waals surface area contributed by atoms with Gasteiger partial charge >= 0.3 is 5.97 Å². The molecule has 0 aromatic carbocycles. The van der Waals surface area contributed by atoms with E-state index in [1.54, 1.807) is 6.08 Å². The molecule has 1 atom stereocenters. The second-order valence-corrected chi connectivity index (χ2v) is 7.71. The van der Waals surface area contributed by atoms with Crippen LogP contribution in [-0.4, -0.2) is 32.2 Å². The van der Waals surface area contributed by atoms with Crippen molar-refractivity contribution in [3.63, 3.8) is 0 Å². The summed E-state index contributed by atoms with van der Waals surface area (Å²) in [5.74, 6) is -1.17. The molecule has 1 fully saturated rings. The Balaban J connectivity index is 2.27. The molecule has 0 radical (unpaired) electrons. The first-order valence-electron chi connectivity index (χ1n) is 6.43. The van der Waals surface area contributed by atoms with E-state index in [0.717, 1.165) is 4.88 Å². The normalized spacial score (nSPS) is 18.8. The van der Waals surface area contributed by atoms with Crippen molar-refractivity contribution in [1.29, 1.82) is 0 Å². The van der Waals surface area contributed by atoms with Gasteiger partial charge in [0.25, 0.3) is 5.91 Å². The van der Waals surface area contributed by atoms with E-state index in [1.807, 2.05) is 31.4 Å². The van der Waals surface area contributed by atoms with E-state index < -0.39 is 12.0 Å². The quantitative estimate of drug-likeness (QED) is 0.657. The molecule has 4 nitrogen and oxygen atoms in total. The van der Waals surface area contributed by atoms with Crippen LogP contribution in [-0.2, 0) is 9.59 Å². The average molecular weight is 341 g/mol. The number of thioether (sulfide) groups is 1. The fourth-order valence-corrected chi connectivity index (χ4v) is 4.09. The van der Waals surface area contributed by atoms with Crippen LogP contribution in [0.5, 0.6) is 0 Å². The summed E-state index contributed by atoms with van der Waals surface area (Å²) in [4.78, 5) is 26.6.